The number of allylic oxidation sites excluding steroid dienone is 1. The van der Waals surface area contributed by atoms with Crippen molar-refractivity contribution in [2.45, 2.75) is 6.42 Å². The zero-order chi connectivity index (χ0) is 17.4. The van der Waals surface area contributed by atoms with Crippen molar-refractivity contribution in [3.05, 3.63) is 65.5 Å². The molecule has 3 aromatic rings. The van der Waals surface area contributed by atoms with Crippen LogP contribution in [0.4, 0.5) is 4.39 Å². The first-order chi connectivity index (χ1) is 12.2. The summed E-state index contributed by atoms with van der Waals surface area (Å²) in [5.41, 5.74) is 2.62. The van der Waals surface area contributed by atoms with Crippen LogP contribution in [0.25, 0.3) is 22.3 Å². The molecular weight excluding hydrogens is 321 g/mol. The number of rotatable bonds is 2. The summed E-state index contributed by atoms with van der Waals surface area (Å²) < 4.78 is 25.0. The number of furan rings is 1. The Morgan fingerprint density at radius 3 is 2.68 bits per heavy atom. The lowest BCUT2D eigenvalue weighted by Gasteiger charge is -2.09. The smallest absolute Gasteiger partial charge is 0.255 e. The zero-order valence-electron chi connectivity index (χ0n) is 13.6. The fourth-order valence-corrected chi connectivity index (χ4v) is 3.13. The van der Waals surface area contributed by atoms with E-state index in [0.29, 0.717) is 35.5 Å². The highest BCUT2D eigenvalue weighted by Crippen LogP contribution is 2.39. The molecule has 1 amide bonds. The van der Waals surface area contributed by atoms with E-state index < -0.39 is 0 Å². The van der Waals surface area contributed by atoms with Crippen LogP contribution >= 0.6 is 0 Å². The van der Waals surface area contributed by atoms with E-state index in [1.165, 1.54) is 12.1 Å². The lowest BCUT2D eigenvalue weighted by Crippen LogP contribution is -2.18. The van der Waals surface area contributed by atoms with E-state index in [1.54, 1.807) is 25.2 Å². The first-order valence-electron chi connectivity index (χ1n) is 8.03. The SMILES string of the molecule is CNC(=O)c1c(-c2ccc(F)cc2)oc2ccc3c(c12)CC=CCO3. The summed E-state index contributed by atoms with van der Waals surface area (Å²) in [6, 6.07) is 9.57. The predicted octanol–water partition coefficient (Wildman–Crippen LogP) is 4.09. The third-order valence-electron chi connectivity index (χ3n) is 4.31. The first-order valence-corrected chi connectivity index (χ1v) is 8.03. The van der Waals surface area contributed by atoms with E-state index in [0.717, 1.165) is 16.7 Å². The molecule has 4 nitrogen and oxygen atoms in total. The lowest BCUT2D eigenvalue weighted by molar-refractivity contribution is 0.0964. The Labute approximate surface area is 143 Å². The molecule has 1 aliphatic rings. The molecule has 0 atom stereocenters. The minimum absolute atomic E-state index is 0.250. The van der Waals surface area contributed by atoms with Crippen molar-refractivity contribution < 1.29 is 18.3 Å². The second kappa shape index (κ2) is 6.09. The van der Waals surface area contributed by atoms with Crippen LogP contribution in [0, 0.1) is 5.82 Å². The van der Waals surface area contributed by atoms with Gasteiger partial charge in [0.25, 0.3) is 5.91 Å². The maximum absolute atomic E-state index is 13.3. The molecule has 1 aliphatic heterocycles. The van der Waals surface area contributed by atoms with E-state index in [1.807, 2.05) is 18.2 Å². The first kappa shape index (κ1) is 15.4. The summed E-state index contributed by atoms with van der Waals surface area (Å²) in [6.07, 6.45) is 4.62. The summed E-state index contributed by atoms with van der Waals surface area (Å²) in [5.74, 6) is 0.582. The van der Waals surface area contributed by atoms with Crippen molar-refractivity contribution in [1.82, 2.24) is 5.32 Å². The molecule has 0 saturated heterocycles. The molecule has 0 saturated carbocycles. The van der Waals surface area contributed by atoms with Gasteiger partial charge >= 0.3 is 0 Å². The predicted molar refractivity (Wildman–Crippen MR) is 93.3 cm³/mol. The Bertz CT molecular complexity index is 986. The van der Waals surface area contributed by atoms with Gasteiger partial charge in [0, 0.05) is 23.6 Å². The highest BCUT2D eigenvalue weighted by atomic mass is 19.1. The summed E-state index contributed by atoms with van der Waals surface area (Å²) in [4.78, 5) is 12.6. The van der Waals surface area contributed by atoms with Gasteiger partial charge in [-0.2, -0.15) is 0 Å². The standard InChI is InChI=1S/C20H16FNO3/c1-22-20(23)18-17-14-4-2-3-11-24-15(14)9-10-16(17)25-19(18)12-5-7-13(21)8-6-12/h2-3,5-10H,4,11H2,1H3,(H,22,23). The highest BCUT2D eigenvalue weighted by Gasteiger charge is 2.25. The topological polar surface area (TPSA) is 51.5 Å². The molecule has 5 heteroatoms. The van der Waals surface area contributed by atoms with Gasteiger partial charge in [-0.3, -0.25) is 4.79 Å². The third kappa shape index (κ3) is 2.58. The Balaban J connectivity index is 2.03. The number of hydrogen-bond acceptors (Lipinski definition) is 3. The number of hydrogen-bond donors (Lipinski definition) is 1. The second-order valence-electron chi connectivity index (χ2n) is 5.79. The molecule has 126 valence electrons. The van der Waals surface area contributed by atoms with Gasteiger partial charge in [-0.15, -0.1) is 0 Å². The summed E-state index contributed by atoms with van der Waals surface area (Å²) in [5, 5.41) is 3.41. The Morgan fingerprint density at radius 2 is 1.92 bits per heavy atom. The van der Waals surface area contributed by atoms with Crippen molar-refractivity contribution in [3.63, 3.8) is 0 Å². The maximum atomic E-state index is 13.3. The summed E-state index contributed by atoms with van der Waals surface area (Å²) >= 11 is 0. The largest absolute Gasteiger partial charge is 0.489 e. The highest BCUT2D eigenvalue weighted by molar-refractivity contribution is 6.12. The normalized spacial score (nSPS) is 13.2. The molecule has 0 fully saturated rings. The van der Waals surface area contributed by atoms with Crippen LogP contribution in [0.2, 0.25) is 0 Å². The average Bonchev–Trinajstić information content (AvgIpc) is 2.85. The van der Waals surface area contributed by atoms with Crippen LogP contribution in [-0.4, -0.2) is 19.6 Å². The molecule has 0 unspecified atom stereocenters. The Morgan fingerprint density at radius 1 is 1.12 bits per heavy atom. The number of fused-ring (bicyclic) bond motifs is 3. The van der Waals surface area contributed by atoms with Gasteiger partial charge in [0.15, 0.2) is 0 Å². The van der Waals surface area contributed by atoms with Gasteiger partial charge < -0.3 is 14.5 Å². The van der Waals surface area contributed by atoms with Gasteiger partial charge in [-0.1, -0.05) is 12.2 Å². The molecule has 0 radical (unpaired) electrons. The summed E-state index contributed by atoms with van der Waals surface area (Å²) in [7, 11) is 1.58. The van der Waals surface area contributed by atoms with Gasteiger partial charge in [0.2, 0.25) is 0 Å². The molecule has 1 aromatic heterocycles. The van der Waals surface area contributed by atoms with Crippen LogP contribution in [-0.2, 0) is 6.42 Å². The third-order valence-corrected chi connectivity index (χ3v) is 4.31. The van der Waals surface area contributed by atoms with E-state index in [2.05, 4.69) is 5.32 Å². The number of amides is 1. The average molecular weight is 337 g/mol. The van der Waals surface area contributed by atoms with E-state index in [9.17, 15) is 9.18 Å². The van der Waals surface area contributed by atoms with Crippen molar-refractivity contribution in [2.24, 2.45) is 0 Å². The van der Waals surface area contributed by atoms with Crippen LogP contribution < -0.4 is 10.1 Å². The van der Waals surface area contributed by atoms with Crippen LogP contribution in [0.3, 0.4) is 0 Å². The Kier molecular flexibility index (Phi) is 3.76. The minimum Gasteiger partial charge on any atom is -0.489 e. The van der Waals surface area contributed by atoms with Crippen molar-refractivity contribution >= 4 is 16.9 Å². The number of nitrogens with one attached hydrogen (secondary N) is 1. The fourth-order valence-electron chi connectivity index (χ4n) is 3.13. The molecule has 25 heavy (non-hydrogen) atoms. The molecule has 0 aliphatic carbocycles. The summed E-state index contributed by atoms with van der Waals surface area (Å²) in [6.45, 7) is 0.497. The Hall–Kier alpha value is -3.08. The van der Waals surface area contributed by atoms with Crippen molar-refractivity contribution in [2.75, 3.05) is 13.7 Å². The fraction of sp³-hybridized carbons (Fsp3) is 0.150. The van der Waals surface area contributed by atoms with Gasteiger partial charge in [-0.25, -0.2) is 4.39 Å². The number of benzene rings is 2. The molecule has 1 N–H and O–H groups in total. The zero-order valence-corrected chi connectivity index (χ0v) is 13.6. The van der Waals surface area contributed by atoms with Crippen LogP contribution in [0.5, 0.6) is 5.75 Å². The molecular formula is C20H16FNO3. The second-order valence-corrected chi connectivity index (χ2v) is 5.79. The monoisotopic (exact) mass is 337 g/mol. The van der Waals surface area contributed by atoms with Crippen molar-refractivity contribution in [1.29, 1.82) is 0 Å². The maximum Gasteiger partial charge on any atom is 0.255 e. The molecule has 2 aromatic carbocycles. The number of carbonyl (C=O) groups excluding carboxylic acids is 1. The number of halogens is 1. The molecule has 0 spiro atoms. The van der Waals surface area contributed by atoms with Gasteiger partial charge in [0.05, 0.1) is 5.56 Å². The van der Waals surface area contributed by atoms with Crippen molar-refractivity contribution in [3.8, 4) is 17.1 Å². The quantitative estimate of drug-likeness (QED) is 0.717. The van der Waals surface area contributed by atoms with E-state index in [-0.39, 0.29) is 11.7 Å². The number of ether oxygens (including phenoxy) is 1. The minimum atomic E-state index is -0.339. The molecule has 4 rings (SSSR count). The van der Waals surface area contributed by atoms with E-state index >= 15 is 0 Å². The van der Waals surface area contributed by atoms with Gasteiger partial charge in [0.1, 0.15) is 29.5 Å². The lowest BCUT2D eigenvalue weighted by atomic mass is 9.98. The van der Waals surface area contributed by atoms with Gasteiger partial charge in [-0.05, 0) is 42.8 Å². The van der Waals surface area contributed by atoms with E-state index in [4.69, 9.17) is 9.15 Å². The molecule has 2 heterocycles. The van der Waals surface area contributed by atoms with Crippen LogP contribution in [0.15, 0.2) is 53.0 Å². The number of carbonyl (C=O) groups is 1. The van der Waals surface area contributed by atoms with Crippen LogP contribution in [0.1, 0.15) is 15.9 Å². The molecule has 0 bridgehead atoms.